The van der Waals surface area contributed by atoms with Gasteiger partial charge in [0.15, 0.2) is 0 Å². The van der Waals surface area contributed by atoms with E-state index in [0.717, 1.165) is 12.2 Å². The van der Waals surface area contributed by atoms with Crippen molar-refractivity contribution in [2.24, 2.45) is 0 Å². The Kier molecular flexibility index (Phi) is 6.37. The number of piperazine rings is 1. The van der Waals surface area contributed by atoms with Crippen LogP contribution in [0.15, 0.2) is 30.5 Å². The minimum absolute atomic E-state index is 0.0405. The Morgan fingerprint density at radius 1 is 1.31 bits per heavy atom. The first-order valence-electron chi connectivity index (χ1n) is 10.2. The van der Waals surface area contributed by atoms with Crippen molar-refractivity contribution in [3.63, 3.8) is 0 Å². The number of rotatable bonds is 6. The first-order chi connectivity index (χ1) is 13.8. The lowest BCUT2D eigenvalue weighted by Gasteiger charge is -2.44. The Morgan fingerprint density at radius 3 is 2.72 bits per heavy atom. The molecule has 0 bridgehead atoms. The summed E-state index contributed by atoms with van der Waals surface area (Å²) in [6, 6.07) is 8.14. The maximum atomic E-state index is 12.7. The van der Waals surface area contributed by atoms with E-state index in [0.29, 0.717) is 25.2 Å². The van der Waals surface area contributed by atoms with Gasteiger partial charge >= 0.3 is 0 Å². The van der Waals surface area contributed by atoms with Gasteiger partial charge in [-0.25, -0.2) is 0 Å². The second kappa shape index (κ2) is 8.78. The van der Waals surface area contributed by atoms with Gasteiger partial charge in [0.25, 0.3) is 5.91 Å². The quantitative estimate of drug-likeness (QED) is 0.809. The number of aromatic nitrogens is 2. The van der Waals surface area contributed by atoms with Gasteiger partial charge in [-0.1, -0.05) is 29.8 Å². The van der Waals surface area contributed by atoms with E-state index in [9.17, 15) is 9.59 Å². The number of carbonyl (C=O) groups excluding carboxylic acids is 2. The summed E-state index contributed by atoms with van der Waals surface area (Å²) in [4.78, 5) is 29.2. The van der Waals surface area contributed by atoms with Crippen LogP contribution in [0.3, 0.4) is 0 Å². The molecule has 0 radical (unpaired) electrons. The average molecular weight is 398 g/mol. The van der Waals surface area contributed by atoms with Gasteiger partial charge in [0, 0.05) is 45.0 Å². The highest BCUT2D eigenvalue weighted by molar-refractivity contribution is 5.95. The van der Waals surface area contributed by atoms with E-state index in [4.69, 9.17) is 0 Å². The predicted octanol–water partition coefficient (Wildman–Crippen LogP) is 1.98. The standard InChI is InChI=1S/C22H31N5O2/c1-6-27-16(3)20(12-24-27)21(28)23-11-19-14-25(5)22(29)17(4)26(19)13-18-9-7-8-15(2)10-18/h7-10,12,17,19H,6,11,13-14H2,1-5H3,(H,23,28)/t17-,19+/m0/s1. The van der Waals surface area contributed by atoms with E-state index >= 15 is 0 Å². The summed E-state index contributed by atoms with van der Waals surface area (Å²) in [7, 11) is 1.83. The SMILES string of the molecule is CCn1ncc(C(=O)NC[C@@H]2CN(C)C(=O)[C@H](C)N2Cc2cccc(C)c2)c1C. The van der Waals surface area contributed by atoms with Crippen LogP contribution in [-0.4, -0.2) is 63.6 Å². The van der Waals surface area contributed by atoms with Gasteiger partial charge in [-0.2, -0.15) is 5.10 Å². The van der Waals surface area contributed by atoms with Gasteiger partial charge in [0.2, 0.25) is 5.91 Å². The highest BCUT2D eigenvalue weighted by atomic mass is 16.2. The molecular formula is C22H31N5O2. The van der Waals surface area contributed by atoms with Crippen molar-refractivity contribution in [3.8, 4) is 0 Å². The normalized spacial score (nSPS) is 20.2. The van der Waals surface area contributed by atoms with Crippen molar-refractivity contribution in [1.82, 2.24) is 24.9 Å². The van der Waals surface area contributed by atoms with E-state index in [1.165, 1.54) is 11.1 Å². The highest BCUT2D eigenvalue weighted by Crippen LogP contribution is 2.20. The Balaban J connectivity index is 1.74. The van der Waals surface area contributed by atoms with Crippen molar-refractivity contribution in [1.29, 1.82) is 0 Å². The largest absolute Gasteiger partial charge is 0.350 e. The van der Waals surface area contributed by atoms with Gasteiger partial charge in [-0.15, -0.1) is 0 Å². The van der Waals surface area contributed by atoms with Crippen LogP contribution in [0.25, 0.3) is 0 Å². The van der Waals surface area contributed by atoms with Gasteiger partial charge in [0.1, 0.15) is 0 Å². The Morgan fingerprint density at radius 2 is 2.07 bits per heavy atom. The maximum absolute atomic E-state index is 12.7. The smallest absolute Gasteiger partial charge is 0.254 e. The third-order valence-corrected chi connectivity index (χ3v) is 5.78. The van der Waals surface area contributed by atoms with Crippen molar-refractivity contribution in [2.45, 2.75) is 52.9 Å². The van der Waals surface area contributed by atoms with E-state index in [-0.39, 0.29) is 23.9 Å². The van der Waals surface area contributed by atoms with E-state index < -0.39 is 0 Å². The molecule has 3 rings (SSSR count). The minimum Gasteiger partial charge on any atom is -0.350 e. The number of hydrogen-bond donors (Lipinski definition) is 1. The summed E-state index contributed by atoms with van der Waals surface area (Å²) in [5.74, 6) is -0.00907. The third-order valence-electron chi connectivity index (χ3n) is 5.78. The first kappa shape index (κ1) is 21.0. The van der Waals surface area contributed by atoms with Crippen molar-refractivity contribution in [3.05, 3.63) is 52.8 Å². The van der Waals surface area contributed by atoms with Crippen molar-refractivity contribution >= 4 is 11.8 Å². The van der Waals surface area contributed by atoms with Gasteiger partial charge in [-0.05, 0) is 33.3 Å². The number of likely N-dealkylation sites (N-methyl/N-ethyl adjacent to an activating group) is 1. The third kappa shape index (κ3) is 4.50. The second-order valence-corrected chi connectivity index (χ2v) is 7.88. The van der Waals surface area contributed by atoms with Gasteiger partial charge in [0.05, 0.1) is 17.8 Å². The van der Waals surface area contributed by atoms with Crippen LogP contribution in [0.4, 0.5) is 0 Å². The summed E-state index contributed by atoms with van der Waals surface area (Å²) >= 11 is 0. The molecule has 0 aliphatic carbocycles. The lowest BCUT2D eigenvalue weighted by atomic mass is 10.0. The molecule has 1 aromatic heterocycles. The zero-order chi connectivity index (χ0) is 21.1. The molecule has 0 saturated carbocycles. The molecule has 2 atom stereocenters. The molecule has 7 heteroatoms. The van der Waals surface area contributed by atoms with Crippen LogP contribution >= 0.6 is 0 Å². The molecule has 1 N–H and O–H groups in total. The number of hydrogen-bond acceptors (Lipinski definition) is 4. The molecule has 7 nitrogen and oxygen atoms in total. The van der Waals surface area contributed by atoms with Crippen LogP contribution in [0.5, 0.6) is 0 Å². The monoisotopic (exact) mass is 397 g/mol. The summed E-state index contributed by atoms with van der Waals surface area (Å²) in [6.45, 7) is 10.4. The molecule has 1 aliphatic heterocycles. The number of benzene rings is 1. The number of nitrogens with one attached hydrogen (secondary N) is 1. The maximum Gasteiger partial charge on any atom is 0.254 e. The van der Waals surface area contributed by atoms with Gasteiger partial charge < -0.3 is 10.2 Å². The second-order valence-electron chi connectivity index (χ2n) is 7.88. The van der Waals surface area contributed by atoms with Crippen LogP contribution in [0.1, 0.15) is 41.0 Å². The number of carbonyl (C=O) groups is 2. The predicted molar refractivity (Wildman–Crippen MR) is 113 cm³/mol. The lowest BCUT2D eigenvalue weighted by molar-refractivity contribution is -0.142. The molecule has 1 aliphatic rings. The zero-order valence-electron chi connectivity index (χ0n) is 18.0. The molecule has 1 fully saturated rings. The van der Waals surface area contributed by atoms with Crippen LogP contribution in [-0.2, 0) is 17.9 Å². The van der Waals surface area contributed by atoms with Crippen molar-refractivity contribution < 1.29 is 9.59 Å². The van der Waals surface area contributed by atoms with Crippen LogP contribution < -0.4 is 5.32 Å². The fraction of sp³-hybridized carbons (Fsp3) is 0.500. The van der Waals surface area contributed by atoms with E-state index in [1.54, 1.807) is 11.1 Å². The van der Waals surface area contributed by atoms with E-state index in [1.807, 2.05) is 38.6 Å². The molecule has 156 valence electrons. The lowest BCUT2D eigenvalue weighted by Crippen LogP contribution is -2.62. The Labute approximate surface area is 172 Å². The summed E-state index contributed by atoms with van der Waals surface area (Å²) in [6.07, 6.45) is 1.62. The molecule has 2 amide bonds. The molecule has 0 spiro atoms. The number of amides is 2. The molecule has 1 saturated heterocycles. The summed E-state index contributed by atoms with van der Waals surface area (Å²) in [5.41, 5.74) is 3.84. The molecule has 2 aromatic rings. The summed E-state index contributed by atoms with van der Waals surface area (Å²) in [5, 5.41) is 7.31. The topological polar surface area (TPSA) is 70.5 Å². The fourth-order valence-electron chi connectivity index (χ4n) is 4.05. The molecule has 1 aromatic carbocycles. The highest BCUT2D eigenvalue weighted by Gasteiger charge is 2.36. The summed E-state index contributed by atoms with van der Waals surface area (Å²) < 4.78 is 1.81. The molecule has 29 heavy (non-hydrogen) atoms. The Hall–Kier alpha value is -2.67. The Bertz CT molecular complexity index is 891. The average Bonchev–Trinajstić information content (AvgIpc) is 3.07. The molecule has 2 heterocycles. The first-order valence-corrected chi connectivity index (χ1v) is 10.2. The fourth-order valence-corrected chi connectivity index (χ4v) is 4.05. The number of nitrogens with zero attached hydrogens (tertiary/aromatic N) is 4. The van der Waals surface area contributed by atoms with Crippen LogP contribution in [0.2, 0.25) is 0 Å². The number of aryl methyl sites for hydroxylation is 2. The minimum atomic E-state index is -0.235. The molecule has 0 unspecified atom stereocenters. The van der Waals surface area contributed by atoms with Crippen molar-refractivity contribution in [2.75, 3.05) is 20.1 Å². The zero-order valence-corrected chi connectivity index (χ0v) is 18.0. The van der Waals surface area contributed by atoms with E-state index in [2.05, 4.69) is 40.4 Å². The van der Waals surface area contributed by atoms with Crippen LogP contribution in [0, 0.1) is 13.8 Å². The molecular weight excluding hydrogens is 366 g/mol. The van der Waals surface area contributed by atoms with Gasteiger partial charge in [-0.3, -0.25) is 19.2 Å².